The van der Waals surface area contributed by atoms with Crippen molar-refractivity contribution in [1.29, 1.82) is 0 Å². The molecule has 0 aliphatic carbocycles. The van der Waals surface area contributed by atoms with Crippen molar-refractivity contribution in [2.24, 2.45) is 0 Å². The molecule has 0 aromatic heterocycles. The molecule has 0 saturated carbocycles. The molecule has 0 saturated heterocycles. The molecule has 0 radical (unpaired) electrons. The first-order valence-corrected chi connectivity index (χ1v) is 4.88. The number of rotatable bonds is 8. The smallest absolute Gasteiger partial charge is 0.0558 e. The summed E-state index contributed by atoms with van der Waals surface area (Å²) in [7, 11) is 0. The van der Waals surface area contributed by atoms with Crippen molar-refractivity contribution in [1.82, 2.24) is 10.2 Å². The van der Waals surface area contributed by atoms with Crippen molar-refractivity contribution in [3.8, 4) is 0 Å². The summed E-state index contributed by atoms with van der Waals surface area (Å²) in [5, 5.41) is 20.7. The Bertz CT molecular complexity index is 104. The Kier molecular flexibility index (Phi) is 8.33. The van der Waals surface area contributed by atoms with Crippen LogP contribution >= 0.6 is 0 Å². The molecular formula is C9H22N2O2. The average molecular weight is 190 g/mol. The molecule has 0 bridgehead atoms. The van der Waals surface area contributed by atoms with Crippen LogP contribution in [0.2, 0.25) is 0 Å². The van der Waals surface area contributed by atoms with Crippen LogP contribution in [0.3, 0.4) is 0 Å². The van der Waals surface area contributed by atoms with Crippen molar-refractivity contribution >= 4 is 0 Å². The van der Waals surface area contributed by atoms with E-state index in [0.717, 1.165) is 13.1 Å². The highest BCUT2D eigenvalue weighted by Crippen LogP contribution is 1.86. The van der Waals surface area contributed by atoms with Crippen LogP contribution in [0.15, 0.2) is 0 Å². The van der Waals surface area contributed by atoms with E-state index in [0.29, 0.717) is 19.1 Å². The minimum Gasteiger partial charge on any atom is -0.395 e. The lowest BCUT2D eigenvalue weighted by Crippen LogP contribution is -2.37. The van der Waals surface area contributed by atoms with E-state index in [1.54, 1.807) is 0 Å². The number of aliphatic hydroxyl groups is 2. The van der Waals surface area contributed by atoms with Gasteiger partial charge in [-0.05, 0) is 0 Å². The maximum Gasteiger partial charge on any atom is 0.0558 e. The van der Waals surface area contributed by atoms with E-state index < -0.39 is 0 Å². The Balaban J connectivity index is 3.44. The average Bonchev–Trinajstić information content (AvgIpc) is 2.04. The first-order chi connectivity index (χ1) is 6.20. The van der Waals surface area contributed by atoms with Crippen LogP contribution in [-0.2, 0) is 0 Å². The van der Waals surface area contributed by atoms with Crippen molar-refractivity contribution in [3.05, 3.63) is 0 Å². The lowest BCUT2D eigenvalue weighted by Gasteiger charge is -2.20. The lowest BCUT2D eigenvalue weighted by molar-refractivity contribution is 0.161. The monoisotopic (exact) mass is 190 g/mol. The summed E-state index contributed by atoms with van der Waals surface area (Å²) in [5.74, 6) is 0. The molecule has 0 aliphatic heterocycles. The minimum absolute atomic E-state index is 0.154. The first kappa shape index (κ1) is 12.8. The predicted octanol–water partition coefficient (Wildman–Crippen LogP) is -0.729. The van der Waals surface area contributed by atoms with Gasteiger partial charge in [0.1, 0.15) is 0 Å². The van der Waals surface area contributed by atoms with Crippen molar-refractivity contribution in [2.75, 3.05) is 39.4 Å². The molecule has 0 unspecified atom stereocenters. The van der Waals surface area contributed by atoms with Crippen molar-refractivity contribution in [2.45, 2.75) is 19.9 Å². The quantitative estimate of drug-likeness (QED) is 0.472. The summed E-state index contributed by atoms with van der Waals surface area (Å²) in [6, 6.07) is 0.491. The first-order valence-electron chi connectivity index (χ1n) is 4.88. The normalized spacial score (nSPS) is 11.5. The van der Waals surface area contributed by atoms with E-state index >= 15 is 0 Å². The fourth-order valence-corrected chi connectivity index (χ4v) is 1.13. The number of aliphatic hydroxyl groups excluding tert-OH is 2. The second-order valence-electron chi connectivity index (χ2n) is 3.40. The van der Waals surface area contributed by atoms with E-state index in [1.807, 2.05) is 4.90 Å². The van der Waals surface area contributed by atoms with Gasteiger partial charge in [0, 0.05) is 32.2 Å². The van der Waals surface area contributed by atoms with E-state index in [1.165, 1.54) is 0 Å². The fraction of sp³-hybridized carbons (Fsp3) is 1.00. The zero-order valence-corrected chi connectivity index (χ0v) is 8.66. The van der Waals surface area contributed by atoms with E-state index in [9.17, 15) is 0 Å². The van der Waals surface area contributed by atoms with Crippen LogP contribution < -0.4 is 5.32 Å². The third-order valence-corrected chi connectivity index (χ3v) is 1.81. The van der Waals surface area contributed by atoms with E-state index in [2.05, 4.69) is 19.2 Å². The standard InChI is InChI=1S/C9H22N2O2/c1-9(2)10-3-4-11(5-7-12)6-8-13/h9-10,12-13H,3-8H2,1-2H3. The number of nitrogens with one attached hydrogen (secondary N) is 1. The molecule has 13 heavy (non-hydrogen) atoms. The molecule has 0 aliphatic rings. The second-order valence-corrected chi connectivity index (χ2v) is 3.40. The van der Waals surface area contributed by atoms with Gasteiger partial charge >= 0.3 is 0 Å². The summed E-state index contributed by atoms with van der Waals surface area (Å²) in [6.07, 6.45) is 0. The van der Waals surface area contributed by atoms with Gasteiger partial charge in [0.25, 0.3) is 0 Å². The second kappa shape index (κ2) is 8.44. The minimum atomic E-state index is 0.154. The third-order valence-electron chi connectivity index (χ3n) is 1.81. The maximum absolute atomic E-state index is 8.73. The summed E-state index contributed by atoms with van der Waals surface area (Å²) in [4.78, 5) is 2.04. The van der Waals surface area contributed by atoms with Gasteiger partial charge in [-0.1, -0.05) is 13.8 Å². The van der Waals surface area contributed by atoms with Crippen LogP contribution in [0.5, 0.6) is 0 Å². The molecule has 0 spiro atoms. The van der Waals surface area contributed by atoms with Gasteiger partial charge < -0.3 is 15.5 Å². The van der Waals surface area contributed by atoms with Gasteiger partial charge in [0.15, 0.2) is 0 Å². The Hall–Kier alpha value is -0.160. The fourth-order valence-electron chi connectivity index (χ4n) is 1.13. The van der Waals surface area contributed by atoms with Crippen LogP contribution in [0.4, 0.5) is 0 Å². The number of nitrogens with zero attached hydrogens (tertiary/aromatic N) is 1. The zero-order valence-electron chi connectivity index (χ0n) is 8.66. The van der Waals surface area contributed by atoms with Gasteiger partial charge in [-0.15, -0.1) is 0 Å². The Morgan fingerprint density at radius 2 is 1.62 bits per heavy atom. The Morgan fingerprint density at radius 1 is 1.08 bits per heavy atom. The summed E-state index contributed by atoms with van der Waals surface area (Å²) in [5.41, 5.74) is 0. The van der Waals surface area contributed by atoms with Crippen molar-refractivity contribution in [3.63, 3.8) is 0 Å². The molecule has 3 N–H and O–H groups in total. The lowest BCUT2D eigenvalue weighted by atomic mass is 10.4. The molecule has 0 aromatic carbocycles. The van der Waals surface area contributed by atoms with Crippen molar-refractivity contribution < 1.29 is 10.2 Å². The molecule has 0 heterocycles. The highest BCUT2D eigenvalue weighted by Gasteiger charge is 2.02. The molecule has 80 valence electrons. The van der Waals surface area contributed by atoms with Crippen LogP contribution in [-0.4, -0.2) is 60.5 Å². The highest BCUT2D eigenvalue weighted by atomic mass is 16.3. The summed E-state index contributed by atoms with van der Waals surface area (Å²) in [6.45, 7) is 7.56. The SMILES string of the molecule is CC(C)NCCN(CCO)CCO. The van der Waals surface area contributed by atoms with E-state index in [-0.39, 0.29) is 13.2 Å². The molecule has 0 amide bonds. The van der Waals surface area contributed by atoms with Gasteiger partial charge in [-0.3, -0.25) is 4.90 Å². The molecular weight excluding hydrogens is 168 g/mol. The molecule has 0 aromatic rings. The number of hydrogen-bond donors (Lipinski definition) is 3. The largest absolute Gasteiger partial charge is 0.395 e. The van der Waals surface area contributed by atoms with E-state index in [4.69, 9.17) is 10.2 Å². The molecule has 0 atom stereocenters. The molecule has 4 heteroatoms. The zero-order chi connectivity index (χ0) is 10.1. The Morgan fingerprint density at radius 3 is 2.00 bits per heavy atom. The highest BCUT2D eigenvalue weighted by molar-refractivity contribution is 4.60. The van der Waals surface area contributed by atoms with Gasteiger partial charge in [-0.25, -0.2) is 0 Å². The van der Waals surface area contributed by atoms with Crippen LogP contribution in [0, 0.1) is 0 Å². The number of hydrogen-bond acceptors (Lipinski definition) is 4. The predicted molar refractivity (Wildman–Crippen MR) is 53.8 cm³/mol. The topological polar surface area (TPSA) is 55.7 Å². The van der Waals surface area contributed by atoms with Crippen LogP contribution in [0.1, 0.15) is 13.8 Å². The molecule has 4 nitrogen and oxygen atoms in total. The summed E-state index contributed by atoms with van der Waals surface area (Å²) < 4.78 is 0. The van der Waals surface area contributed by atoms with Gasteiger partial charge in [0.05, 0.1) is 13.2 Å². The maximum atomic E-state index is 8.73. The van der Waals surface area contributed by atoms with Gasteiger partial charge in [0.2, 0.25) is 0 Å². The van der Waals surface area contributed by atoms with Crippen LogP contribution in [0.25, 0.3) is 0 Å². The third kappa shape index (κ3) is 8.18. The van der Waals surface area contributed by atoms with Gasteiger partial charge in [-0.2, -0.15) is 0 Å². The summed E-state index contributed by atoms with van der Waals surface area (Å²) >= 11 is 0. The molecule has 0 fully saturated rings. The molecule has 0 rings (SSSR count). The Labute approximate surface area is 80.6 Å².